The minimum absolute atomic E-state index is 0.118. The minimum atomic E-state index is -3.77. The summed E-state index contributed by atoms with van der Waals surface area (Å²) in [6.45, 7) is 8.68. The molecule has 2 aromatic carbocycles. The van der Waals surface area contributed by atoms with Crippen LogP contribution in [0.5, 0.6) is 11.5 Å². The number of carbonyl (C=O) groups excluding carboxylic acids is 1. The second-order valence-electron chi connectivity index (χ2n) is 8.74. The molecule has 1 heterocycles. The molecule has 1 N–H and O–H groups in total. The van der Waals surface area contributed by atoms with Crippen LogP contribution in [0, 0.1) is 26.7 Å². The monoisotopic (exact) mass is 474 g/mol. The molecule has 0 unspecified atom stereocenters. The van der Waals surface area contributed by atoms with Crippen molar-refractivity contribution in [1.29, 1.82) is 0 Å². The average molecular weight is 475 g/mol. The highest BCUT2D eigenvalue weighted by molar-refractivity contribution is 7.89. The number of carbonyl (C=O) groups is 1. The van der Waals surface area contributed by atoms with Crippen LogP contribution < -0.4 is 14.8 Å². The van der Waals surface area contributed by atoms with Gasteiger partial charge in [-0.15, -0.1) is 0 Å². The first-order valence-corrected chi connectivity index (χ1v) is 12.6. The topological polar surface area (TPSA) is 84.9 Å². The van der Waals surface area contributed by atoms with Gasteiger partial charge in [-0.3, -0.25) is 4.79 Å². The third-order valence-corrected chi connectivity index (χ3v) is 8.32. The fraction of sp³-hybridized carbons (Fsp3) is 0.480. The Labute approximate surface area is 197 Å². The fourth-order valence-electron chi connectivity index (χ4n) is 4.36. The van der Waals surface area contributed by atoms with Crippen molar-refractivity contribution in [2.75, 3.05) is 27.3 Å². The van der Waals surface area contributed by atoms with E-state index in [1.54, 1.807) is 6.07 Å². The quantitative estimate of drug-likeness (QED) is 0.658. The van der Waals surface area contributed by atoms with Crippen LogP contribution in [-0.4, -0.2) is 45.9 Å². The number of aryl methyl sites for hydroxylation is 3. The first kappa shape index (κ1) is 25.1. The highest BCUT2D eigenvalue weighted by atomic mass is 32.2. The average Bonchev–Trinajstić information content (AvgIpc) is 2.80. The van der Waals surface area contributed by atoms with Crippen LogP contribution in [0.2, 0.25) is 0 Å². The Hall–Kier alpha value is -2.58. The molecular formula is C25H34N2O5S. The van der Waals surface area contributed by atoms with Crippen molar-refractivity contribution < 1.29 is 22.7 Å². The normalized spacial score (nSPS) is 17.9. The van der Waals surface area contributed by atoms with E-state index in [2.05, 4.69) is 31.3 Å². The van der Waals surface area contributed by atoms with E-state index in [4.69, 9.17) is 9.47 Å². The number of rotatable bonds is 7. The third-order valence-electron chi connectivity index (χ3n) is 6.46. The maximum Gasteiger partial charge on any atom is 0.243 e. The number of methoxy groups -OCH3 is 2. The molecular weight excluding hydrogens is 440 g/mol. The second-order valence-corrected chi connectivity index (χ2v) is 10.7. The molecule has 2 atom stereocenters. The van der Waals surface area contributed by atoms with Gasteiger partial charge in [0.25, 0.3) is 0 Å². The number of sulfonamides is 1. The highest BCUT2D eigenvalue weighted by Gasteiger charge is 2.34. The molecule has 1 aliphatic rings. The van der Waals surface area contributed by atoms with Gasteiger partial charge >= 0.3 is 0 Å². The lowest BCUT2D eigenvalue weighted by atomic mass is 9.95. The lowest BCUT2D eigenvalue weighted by Gasteiger charge is -2.32. The number of hydrogen-bond donors (Lipinski definition) is 1. The van der Waals surface area contributed by atoms with E-state index in [9.17, 15) is 13.2 Å². The van der Waals surface area contributed by atoms with Gasteiger partial charge in [-0.2, -0.15) is 4.31 Å². The molecule has 2 aromatic rings. The molecule has 3 rings (SSSR count). The summed E-state index contributed by atoms with van der Waals surface area (Å²) in [4.78, 5) is 13.2. The van der Waals surface area contributed by atoms with E-state index in [-0.39, 0.29) is 23.4 Å². The molecule has 33 heavy (non-hydrogen) atoms. The zero-order chi connectivity index (χ0) is 24.3. The van der Waals surface area contributed by atoms with Crippen molar-refractivity contribution in [3.63, 3.8) is 0 Å². The summed E-state index contributed by atoms with van der Waals surface area (Å²) >= 11 is 0. The van der Waals surface area contributed by atoms with Gasteiger partial charge in [0.2, 0.25) is 15.9 Å². The summed E-state index contributed by atoms with van der Waals surface area (Å²) in [5.41, 5.74) is 4.61. The van der Waals surface area contributed by atoms with Crippen LogP contribution in [0.1, 0.15) is 48.1 Å². The van der Waals surface area contributed by atoms with E-state index in [1.165, 1.54) is 41.8 Å². The molecule has 180 valence electrons. The van der Waals surface area contributed by atoms with Crippen molar-refractivity contribution >= 4 is 15.9 Å². The maximum atomic E-state index is 13.3. The standard InChI is InChI=1S/C25H34N2O5S/c1-16-12-18(3)22(13-17(16)2)19(4)26-25(28)20-8-7-11-27(15-20)33(29,30)21-9-10-23(31-5)24(14-21)32-6/h9-10,12-14,19-20H,7-8,11,15H2,1-6H3,(H,26,28)/t19-,20-/m1/s1. The molecule has 7 nitrogen and oxygen atoms in total. The number of ether oxygens (including phenoxy) is 2. The Morgan fingerprint density at radius 1 is 1.03 bits per heavy atom. The van der Waals surface area contributed by atoms with Gasteiger partial charge in [-0.25, -0.2) is 8.42 Å². The van der Waals surface area contributed by atoms with E-state index >= 15 is 0 Å². The summed E-state index contributed by atoms with van der Waals surface area (Å²) in [5, 5.41) is 3.10. The molecule has 8 heteroatoms. The van der Waals surface area contributed by atoms with E-state index < -0.39 is 15.9 Å². The predicted molar refractivity (Wildman–Crippen MR) is 128 cm³/mol. The Morgan fingerprint density at radius 2 is 1.70 bits per heavy atom. The fourth-order valence-corrected chi connectivity index (χ4v) is 5.90. The van der Waals surface area contributed by atoms with Crippen LogP contribution >= 0.6 is 0 Å². The van der Waals surface area contributed by atoms with E-state index in [0.717, 1.165) is 11.1 Å². The maximum absolute atomic E-state index is 13.3. The molecule has 0 aliphatic carbocycles. The van der Waals surface area contributed by atoms with Crippen molar-refractivity contribution in [3.05, 3.63) is 52.6 Å². The SMILES string of the molecule is COc1ccc(S(=O)(=O)N2CCC[C@@H](C(=O)N[C@H](C)c3cc(C)c(C)cc3C)C2)cc1OC. The third kappa shape index (κ3) is 5.33. The molecule has 0 bridgehead atoms. The number of hydrogen-bond acceptors (Lipinski definition) is 5. The summed E-state index contributed by atoms with van der Waals surface area (Å²) < 4.78 is 38.4. The van der Waals surface area contributed by atoms with Crippen molar-refractivity contribution in [2.24, 2.45) is 5.92 Å². The molecule has 0 aromatic heterocycles. The van der Waals surface area contributed by atoms with Gasteiger partial charge in [0.15, 0.2) is 11.5 Å². The first-order valence-electron chi connectivity index (χ1n) is 11.2. The smallest absolute Gasteiger partial charge is 0.243 e. The Morgan fingerprint density at radius 3 is 2.36 bits per heavy atom. The molecule has 0 saturated carbocycles. The lowest BCUT2D eigenvalue weighted by Crippen LogP contribution is -2.45. The zero-order valence-electron chi connectivity index (χ0n) is 20.3. The minimum Gasteiger partial charge on any atom is -0.493 e. The number of nitrogens with one attached hydrogen (secondary N) is 1. The molecule has 1 fully saturated rings. The van der Waals surface area contributed by atoms with E-state index in [1.807, 2.05) is 13.8 Å². The molecule has 1 saturated heterocycles. The van der Waals surface area contributed by atoms with Crippen LogP contribution in [0.3, 0.4) is 0 Å². The summed E-state index contributed by atoms with van der Waals surface area (Å²) in [6, 6.07) is 8.63. The molecule has 1 amide bonds. The predicted octanol–water partition coefficient (Wildman–Crippen LogP) is 3.91. The summed E-state index contributed by atoms with van der Waals surface area (Å²) in [5.74, 6) is 0.292. The molecule has 1 aliphatic heterocycles. The van der Waals surface area contributed by atoms with Crippen LogP contribution in [0.4, 0.5) is 0 Å². The highest BCUT2D eigenvalue weighted by Crippen LogP contribution is 2.32. The van der Waals surface area contributed by atoms with Crippen molar-refractivity contribution in [3.8, 4) is 11.5 Å². The molecule has 0 spiro atoms. The zero-order valence-corrected chi connectivity index (χ0v) is 21.1. The largest absolute Gasteiger partial charge is 0.493 e. The number of benzene rings is 2. The Balaban J connectivity index is 1.74. The van der Waals surface area contributed by atoms with Gasteiger partial charge in [0.1, 0.15) is 0 Å². The number of piperidine rings is 1. The summed E-state index contributed by atoms with van der Waals surface area (Å²) in [7, 11) is -0.800. The van der Waals surface area contributed by atoms with Gasteiger partial charge in [-0.1, -0.05) is 12.1 Å². The Kier molecular flexibility index (Phi) is 7.69. The van der Waals surface area contributed by atoms with Gasteiger partial charge in [-0.05, 0) is 74.9 Å². The number of nitrogens with zero attached hydrogens (tertiary/aromatic N) is 1. The number of amides is 1. The molecule has 0 radical (unpaired) electrons. The van der Waals surface area contributed by atoms with Crippen LogP contribution in [-0.2, 0) is 14.8 Å². The van der Waals surface area contributed by atoms with Gasteiger partial charge in [0, 0.05) is 19.2 Å². The first-order chi connectivity index (χ1) is 15.6. The van der Waals surface area contributed by atoms with Crippen molar-refractivity contribution in [1.82, 2.24) is 9.62 Å². The lowest BCUT2D eigenvalue weighted by molar-refractivity contribution is -0.126. The summed E-state index contributed by atoms with van der Waals surface area (Å²) in [6.07, 6.45) is 1.28. The van der Waals surface area contributed by atoms with Crippen molar-refractivity contribution in [2.45, 2.75) is 51.5 Å². The second kappa shape index (κ2) is 10.1. The van der Waals surface area contributed by atoms with Crippen LogP contribution in [0.15, 0.2) is 35.2 Å². The van der Waals surface area contributed by atoms with Crippen LogP contribution in [0.25, 0.3) is 0 Å². The van der Waals surface area contributed by atoms with E-state index in [0.29, 0.717) is 30.9 Å². The Bertz CT molecular complexity index is 1130. The van der Waals surface area contributed by atoms with Gasteiger partial charge in [0.05, 0.1) is 31.1 Å². The van der Waals surface area contributed by atoms with Gasteiger partial charge < -0.3 is 14.8 Å².